The molecule has 1 aliphatic heterocycles. The average Bonchev–Trinajstić information content (AvgIpc) is 2.82. The maximum Gasteiger partial charge on any atom is 0.160 e. The summed E-state index contributed by atoms with van der Waals surface area (Å²) in [6.07, 6.45) is 0.868. The summed E-state index contributed by atoms with van der Waals surface area (Å²) >= 11 is 8.06. The Morgan fingerprint density at radius 2 is 1.72 bits per heavy atom. The van der Waals surface area contributed by atoms with Crippen LogP contribution in [-0.2, 0) is 6.42 Å². The Morgan fingerprint density at radius 1 is 0.938 bits per heavy atom. The largest absolute Gasteiger partial charge is 0.493 e. The molecule has 0 fully saturated rings. The van der Waals surface area contributed by atoms with Crippen molar-refractivity contribution in [2.24, 2.45) is 0 Å². The van der Waals surface area contributed by atoms with E-state index < -0.39 is 0 Å². The molecule has 0 spiro atoms. The van der Waals surface area contributed by atoms with Crippen LogP contribution >= 0.6 is 23.4 Å². The number of anilines is 2. The number of hydrogen-bond donors (Lipinski definition) is 0. The number of fused-ring (bicyclic) bond motifs is 2. The predicted molar refractivity (Wildman–Crippen MR) is 133 cm³/mol. The lowest BCUT2D eigenvalue weighted by atomic mass is 10.1. The second-order valence-electron chi connectivity index (χ2n) is 7.42. The van der Waals surface area contributed by atoms with Crippen LogP contribution in [0.25, 0.3) is 0 Å². The molecule has 4 rings (SSSR count). The minimum absolute atomic E-state index is 0.589. The second kappa shape index (κ2) is 10.1. The fraction of sp³-hybridized carbons (Fsp3) is 0.231. The zero-order valence-corrected chi connectivity index (χ0v) is 20.0. The molecule has 0 aliphatic carbocycles. The molecule has 0 N–H and O–H groups in total. The minimum Gasteiger partial charge on any atom is -0.493 e. The highest BCUT2D eigenvalue weighted by molar-refractivity contribution is 7.99. The summed E-state index contributed by atoms with van der Waals surface area (Å²) in [5.74, 6) is 4.83. The Morgan fingerprint density at radius 3 is 2.53 bits per heavy atom. The average molecular weight is 465 g/mol. The number of rotatable bonds is 6. The number of likely N-dealkylation sites (N-methyl/N-ethyl adjacent to an activating group) is 1. The van der Waals surface area contributed by atoms with Gasteiger partial charge in [0.2, 0.25) is 0 Å². The lowest BCUT2D eigenvalue weighted by Crippen LogP contribution is -2.22. The third kappa shape index (κ3) is 4.93. The lowest BCUT2D eigenvalue weighted by molar-refractivity contribution is 0.354. The maximum atomic E-state index is 6.30. The van der Waals surface area contributed by atoms with Crippen molar-refractivity contribution in [2.45, 2.75) is 16.2 Å². The van der Waals surface area contributed by atoms with E-state index in [1.165, 1.54) is 15.4 Å². The first-order valence-corrected chi connectivity index (χ1v) is 11.5. The van der Waals surface area contributed by atoms with E-state index in [4.69, 9.17) is 21.1 Å². The van der Waals surface area contributed by atoms with Gasteiger partial charge in [0, 0.05) is 34.5 Å². The van der Waals surface area contributed by atoms with Crippen molar-refractivity contribution in [1.29, 1.82) is 0 Å². The van der Waals surface area contributed by atoms with Crippen molar-refractivity contribution in [3.8, 4) is 23.5 Å². The number of methoxy groups -OCH3 is 2. The summed E-state index contributed by atoms with van der Waals surface area (Å²) < 4.78 is 10.7. The monoisotopic (exact) mass is 464 g/mol. The molecule has 0 unspecified atom stereocenters. The van der Waals surface area contributed by atoms with Gasteiger partial charge in [-0.2, -0.15) is 0 Å². The first kappa shape index (κ1) is 22.3. The molecule has 6 heteroatoms. The highest BCUT2D eigenvalue weighted by Gasteiger charge is 2.22. The van der Waals surface area contributed by atoms with Crippen molar-refractivity contribution in [2.75, 3.05) is 39.3 Å². The van der Waals surface area contributed by atoms with Gasteiger partial charge in [0.05, 0.1) is 32.1 Å². The van der Waals surface area contributed by atoms with Crippen molar-refractivity contribution >= 4 is 34.7 Å². The van der Waals surface area contributed by atoms with Crippen LogP contribution in [0.4, 0.5) is 11.4 Å². The Balaban J connectivity index is 1.45. The molecule has 1 heterocycles. The molecule has 0 amide bonds. The molecule has 0 bridgehead atoms. The zero-order valence-electron chi connectivity index (χ0n) is 18.4. The van der Waals surface area contributed by atoms with Crippen LogP contribution in [0.15, 0.2) is 70.5 Å². The molecule has 0 saturated heterocycles. The van der Waals surface area contributed by atoms with E-state index in [0.717, 1.165) is 40.9 Å². The molecule has 164 valence electrons. The fourth-order valence-corrected chi connectivity index (χ4v) is 4.85. The molecule has 4 nitrogen and oxygen atoms in total. The van der Waals surface area contributed by atoms with Crippen LogP contribution in [0.5, 0.6) is 11.5 Å². The fourth-order valence-electron chi connectivity index (χ4n) is 3.61. The van der Waals surface area contributed by atoms with Gasteiger partial charge in [0.15, 0.2) is 11.5 Å². The predicted octanol–water partition coefficient (Wildman–Crippen LogP) is 6.10. The minimum atomic E-state index is 0.589. The number of hydrogen-bond acceptors (Lipinski definition) is 5. The van der Waals surface area contributed by atoms with Crippen LogP contribution in [0, 0.1) is 12.0 Å². The summed E-state index contributed by atoms with van der Waals surface area (Å²) in [4.78, 5) is 6.69. The molecule has 32 heavy (non-hydrogen) atoms. The van der Waals surface area contributed by atoms with Gasteiger partial charge in [-0.1, -0.05) is 47.5 Å². The first-order chi connectivity index (χ1) is 15.6. The highest BCUT2D eigenvalue weighted by Crippen LogP contribution is 2.48. The van der Waals surface area contributed by atoms with E-state index in [9.17, 15) is 0 Å². The van der Waals surface area contributed by atoms with Crippen molar-refractivity contribution < 1.29 is 9.47 Å². The van der Waals surface area contributed by atoms with Crippen LogP contribution in [0.3, 0.4) is 0 Å². The third-order valence-corrected chi connectivity index (χ3v) is 6.64. The second-order valence-corrected chi connectivity index (χ2v) is 8.94. The van der Waals surface area contributed by atoms with Gasteiger partial charge < -0.3 is 19.3 Å². The van der Waals surface area contributed by atoms with Gasteiger partial charge >= 0.3 is 0 Å². The lowest BCUT2D eigenvalue weighted by Gasteiger charge is -2.31. The number of nitrogens with zero attached hydrogens (tertiary/aromatic N) is 2. The van der Waals surface area contributed by atoms with E-state index in [0.29, 0.717) is 6.54 Å². The van der Waals surface area contributed by atoms with Crippen LogP contribution in [0.1, 0.15) is 5.56 Å². The molecule has 0 radical (unpaired) electrons. The standard InChI is InChI=1S/C26H25ClN2O2S/c1-28(16-13-19-9-11-23(30-2)24(17-19)31-3)14-6-15-29-21-7-4-5-8-25(21)32-26-12-10-20(27)18-22(26)29/h4-5,7-12,17-18H,13,15-16H2,1-3H3. The molecule has 3 aromatic rings. The summed E-state index contributed by atoms with van der Waals surface area (Å²) in [6.45, 7) is 1.41. The smallest absolute Gasteiger partial charge is 0.160 e. The summed E-state index contributed by atoms with van der Waals surface area (Å²) in [5.41, 5.74) is 3.44. The molecule has 0 aromatic heterocycles. The van der Waals surface area contributed by atoms with Crippen LogP contribution in [-0.4, -0.2) is 39.3 Å². The number of para-hydroxylation sites is 1. The quantitative estimate of drug-likeness (QED) is 0.324. The first-order valence-electron chi connectivity index (χ1n) is 10.3. The molecule has 3 aromatic carbocycles. The number of benzene rings is 3. The van der Waals surface area contributed by atoms with Crippen molar-refractivity contribution in [1.82, 2.24) is 4.90 Å². The molecule has 1 aliphatic rings. The summed E-state index contributed by atoms with van der Waals surface area (Å²) in [5, 5.41) is 0.730. The summed E-state index contributed by atoms with van der Waals surface area (Å²) in [7, 11) is 5.31. The van der Waals surface area contributed by atoms with Gasteiger partial charge in [-0.25, -0.2) is 0 Å². The number of halogens is 1. The normalized spacial score (nSPS) is 11.7. The van der Waals surface area contributed by atoms with Crippen molar-refractivity contribution in [3.63, 3.8) is 0 Å². The van der Waals surface area contributed by atoms with Gasteiger partial charge in [0.1, 0.15) is 0 Å². The Kier molecular flexibility index (Phi) is 7.04. The highest BCUT2D eigenvalue weighted by atomic mass is 35.5. The number of ether oxygens (including phenoxy) is 2. The van der Waals surface area contributed by atoms with Gasteiger partial charge in [0.25, 0.3) is 0 Å². The van der Waals surface area contributed by atoms with Gasteiger partial charge in [-0.05, 0) is 54.4 Å². The summed E-state index contributed by atoms with van der Waals surface area (Å²) in [6, 6.07) is 23.7. The van der Waals surface area contributed by atoms with E-state index in [2.05, 4.69) is 53.3 Å². The molecular weight excluding hydrogens is 440 g/mol. The van der Waals surface area contributed by atoms with E-state index in [-0.39, 0.29) is 0 Å². The zero-order chi connectivity index (χ0) is 22.5. The Labute approximate surface area is 199 Å². The SMILES string of the molecule is COc1ccc(CCN(C)C#CCN2c3ccccc3Sc3ccc(Cl)cc32)cc1OC. The van der Waals surface area contributed by atoms with Gasteiger partial charge in [-0.3, -0.25) is 0 Å². The van der Waals surface area contributed by atoms with E-state index in [1.807, 2.05) is 36.2 Å². The third-order valence-electron chi connectivity index (χ3n) is 5.28. The maximum absolute atomic E-state index is 6.30. The Bertz CT molecular complexity index is 1170. The van der Waals surface area contributed by atoms with E-state index >= 15 is 0 Å². The van der Waals surface area contributed by atoms with E-state index in [1.54, 1.807) is 26.0 Å². The molecule has 0 saturated carbocycles. The van der Waals surface area contributed by atoms with Crippen LogP contribution in [0.2, 0.25) is 5.02 Å². The van der Waals surface area contributed by atoms with Gasteiger partial charge in [-0.15, -0.1) is 0 Å². The van der Waals surface area contributed by atoms with Crippen LogP contribution < -0.4 is 14.4 Å². The van der Waals surface area contributed by atoms with Crippen molar-refractivity contribution in [3.05, 3.63) is 71.2 Å². The topological polar surface area (TPSA) is 24.9 Å². The molecule has 0 atom stereocenters. The Hall–Kier alpha value is -2.94. The molecular formula is C26H25ClN2O2S.